The summed E-state index contributed by atoms with van der Waals surface area (Å²) in [6, 6.07) is 0.728. The van der Waals surface area contributed by atoms with Crippen molar-refractivity contribution in [2.75, 3.05) is 32.7 Å². The number of hydrogen-bond donors (Lipinski definition) is 0. The van der Waals surface area contributed by atoms with Crippen molar-refractivity contribution in [1.29, 1.82) is 0 Å². The highest BCUT2D eigenvalue weighted by Crippen LogP contribution is 2.36. The summed E-state index contributed by atoms with van der Waals surface area (Å²) in [5.41, 5.74) is 0. The van der Waals surface area contributed by atoms with Crippen molar-refractivity contribution in [2.45, 2.75) is 37.9 Å². The monoisotopic (exact) mass is 262 g/mol. The third-order valence-electron chi connectivity index (χ3n) is 4.83. The number of hydrogen-bond acceptors (Lipinski definition) is 2. The first-order valence-electron chi connectivity index (χ1n) is 7.04. The fourth-order valence-corrected chi connectivity index (χ4v) is 4.08. The maximum absolute atomic E-state index is 12.4. The van der Waals surface area contributed by atoms with Gasteiger partial charge in [0, 0.05) is 32.2 Å². The predicted octanol–water partition coefficient (Wildman–Crippen LogP) is 2.35. The molecule has 3 fully saturated rings. The first-order chi connectivity index (χ1) is 8.51. The number of halogens is 3. The Morgan fingerprint density at radius 2 is 1.44 bits per heavy atom. The molecule has 1 saturated carbocycles. The molecule has 0 amide bonds. The van der Waals surface area contributed by atoms with E-state index in [1.54, 1.807) is 4.90 Å². The van der Waals surface area contributed by atoms with Gasteiger partial charge in [-0.25, -0.2) is 0 Å². The minimum absolute atomic E-state index is 0.480. The highest BCUT2D eigenvalue weighted by molar-refractivity contribution is 4.96. The molecule has 104 valence electrons. The Bertz CT molecular complexity index is 285. The lowest BCUT2D eigenvalue weighted by molar-refractivity contribution is -0.144. The van der Waals surface area contributed by atoms with Gasteiger partial charge in [-0.15, -0.1) is 0 Å². The number of rotatable bonds is 2. The van der Waals surface area contributed by atoms with Crippen molar-refractivity contribution in [1.82, 2.24) is 9.80 Å². The van der Waals surface area contributed by atoms with Gasteiger partial charge in [0.15, 0.2) is 0 Å². The highest BCUT2D eigenvalue weighted by atomic mass is 19.4. The normalized spacial score (nSPS) is 35.5. The van der Waals surface area contributed by atoms with Gasteiger partial charge in [-0.1, -0.05) is 12.8 Å². The Hall–Kier alpha value is -0.290. The lowest BCUT2D eigenvalue weighted by Crippen LogP contribution is -2.37. The summed E-state index contributed by atoms with van der Waals surface area (Å²) in [6.07, 6.45) is 1.22. The fraction of sp³-hybridized carbons (Fsp3) is 1.00. The van der Waals surface area contributed by atoms with Crippen molar-refractivity contribution < 1.29 is 13.2 Å². The summed E-state index contributed by atoms with van der Waals surface area (Å²) in [5, 5.41) is 0. The molecule has 0 radical (unpaired) electrons. The number of alkyl halides is 3. The Kier molecular flexibility index (Phi) is 3.30. The number of nitrogens with zero attached hydrogens (tertiary/aromatic N) is 2. The summed E-state index contributed by atoms with van der Waals surface area (Å²) in [4.78, 5) is 4.15. The molecule has 2 aliphatic heterocycles. The van der Waals surface area contributed by atoms with E-state index in [-0.39, 0.29) is 0 Å². The molecule has 2 nitrogen and oxygen atoms in total. The van der Waals surface area contributed by atoms with Crippen molar-refractivity contribution in [2.24, 2.45) is 11.8 Å². The minimum atomic E-state index is -4.04. The molecule has 2 unspecified atom stereocenters. The maximum atomic E-state index is 12.4. The van der Waals surface area contributed by atoms with Crippen LogP contribution in [0.25, 0.3) is 0 Å². The van der Waals surface area contributed by atoms with E-state index in [2.05, 4.69) is 4.90 Å². The summed E-state index contributed by atoms with van der Waals surface area (Å²) in [5.74, 6) is 0.959. The van der Waals surface area contributed by atoms with Crippen LogP contribution in [-0.4, -0.2) is 54.7 Å². The quantitative estimate of drug-likeness (QED) is 0.754. The molecule has 2 heterocycles. The van der Waals surface area contributed by atoms with Crippen molar-refractivity contribution >= 4 is 0 Å². The molecule has 18 heavy (non-hydrogen) atoms. The number of likely N-dealkylation sites (tertiary alicyclic amines) is 2. The van der Waals surface area contributed by atoms with Crippen LogP contribution in [0, 0.1) is 11.8 Å². The molecule has 0 spiro atoms. The van der Waals surface area contributed by atoms with Gasteiger partial charge >= 0.3 is 6.18 Å². The highest BCUT2D eigenvalue weighted by Gasteiger charge is 2.44. The third-order valence-corrected chi connectivity index (χ3v) is 4.83. The van der Waals surface area contributed by atoms with Gasteiger partial charge < -0.3 is 0 Å². The topological polar surface area (TPSA) is 6.48 Å². The Morgan fingerprint density at radius 3 is 1.94 bits per heavy atom. The average molecular weight is 262 g/mol. The van der Waals surface area contributed by atoms with Gasteiger partial charge in [0.2, 0.25) is 0 Å². The van der Waals surface area contributed by atoms with Crippen LogP contribution in [0.2, 0.25) is 0 Å². The van der Waals surface area contributed by atoms with Crippen LogP contribution in [0.4, 0.5) is 13.2 Å². The SMILES string of the molecule is FC(F)(F)CN1CC2CN(C3CCCC3)CC2C1. The third kappa shape index (κ3) is 2.67. The fourth-order valence-electron chi connectivity index (χ4n) is 4.08. The van der Waals surface area contributed by atoms with Crippen LogP contribution in [0.3, 0.4) is 0 Å². The van der Waals surface area contributed by atoms with Crippen molar-refractivity contribution in [3.63, 3.8) is 0 Å². The Morgan fingerprint density at radius 1 is 0.889 bits per heavy atom. The van der Waals surface area contributed by atoms with E-state index in [0.29, 0.717) is 24.9 Å². The zero-order chi connectivity index (χ0) is 12.8. The molecule has 3 aliphatic rings. The van der Waals surface area contributed by atoms with E-state index >= 15 is 0 Å². The smallest absolute Gasteiger partial charge is 0.300 e. The van der Waals surface area contributed by atoms with E-state index in [0.717, 1.165) is 19.1 Å². The maximum Gasteiger partial charge on any atom is 0.401 e. The lowest BCUT2D eigenvalue weighted by atomic mass is 10.0. The van der Waals surface area contributed by atoms with Crippen LogP contribution < -0.4 is 0 Å². The Balaban J connectivity index is 1.51. The standard InChI is InChI=1S/C13H21F3N2/c14-13(15,16)9-17-5-10-7-18(8-11(10)6-17)12-3-1-2-4-12/h10-12H,1-9H2. The van der Waals surface area contributed by atoms with Gasteiger partial charge in [-0.05, 0) is 24.7 Å². The predicted molar refractivity (Wildman–Crippen MR) is 63.3 cm³/mol. The van der Waals surface area contributed by atoms with Gasteiger partial charge in [0.1, 0.15) is 0 Å². The molecule has 0 bridgehead atoms. The Labute approximate surface area is 106 Å². The van der Waals surface area contributed by atoms with Gasteiger partial charge in [-0.2, -0.15) is 13.2 Å². The second-order valence-corrected chi connectivity index (χ2v) is 6.22. The van der Waals surface area contributed by atoms with E-state index < -0.39 is 12.7 Å². The average Bonchev–Trinajstić information content (AvgIpc) is 2.85. The minimum Gasteiger partial charge on any atom is -0.300 e. The first-order valence-corrected chi connectivity index (χ1v) is 7.04. The van der Waals surface area contributed by atoms with Crippen LogP contribution in [0.15, 0.2) is 0 Å². The van der Waals surface area contributed by atoms with Crippen molar-refractivity contribution in [3.8, 4) is 0 Å². The molecular formula is C13H21F3N2. The van der Waals surface area contributed by atoms with Gasteiger partial charge in [0.25, 0.3) is 0 Å². The van der Waals surface area contributed by atoms with E-state index in [4.69, 9.17) is 0 Å². The molecule has 0 aromatic heterocycles. The van der Waals surface area contributed by atoms with Crippen LogP contribution >= 0.6 is 0 Å². The molecule has 1 aliphatic carbocycles. The molecule has 0 N–H and O–H groups in total. The summed E-state index contributed by atoms with van der Waals surface area (Å²) >= 11 is 0. The van der Waals surface area contributed by atoms with Crippen molar-refractivity contribution in [3.05, 3.63) is 0 Å². The molecule has 5 heteroatoms. The van der Waals surface area contributed by atoms with E-state index in [1.165, 1.54) is 25.7 Å². The molecule has 2 saturated heterocycles. The zero-order valence-corrected chi connectivity index (χ0v) is 10.6. The van der Waals surface area contributed by atoms with E-state index in [9.17, 15) is 13.2 Å². The molecule has 3 rings (SSSR count). The van der Waals surface area contributed by atoms with Crippen LogP contribution in [0.5, 0.6) is 0 Å². The van der Waals surface area contributed by atoms with E-state index in [1.807, 2.05) is 0 Å². The molecule has 2 atom stereocenters. The molecule has 0 aromatic carbocycles. The summed E-state index contributed by atoms with van der Waals surface area (Å²) < 4.78 is 37.1. The van der Waals surface area contributed by atoms with Gasteiger partial charge in [-0.3, -0.25) is 9.80 Å². The largest absolute Gasteiger partial charge is 0.401 e. The molecule has 0 aromatic rings. The molecular weight excluding hydrogens is 241 g/mol. The van der Waals surface area contributed by atoms with Crippen LogP contribution in [-0.2, 0) is 0 Å². The second kappa shape index (κ2) is 4.67. The number of fused-ring (bicyclic) bond motifs is 1. The van der Waals surface area contributed by atoms with Gasteiger partial charge in [0.05, 0.1) is 6.54 Å². The second-order valence-electron chi connectivity index (χ2n) is 6.22. The lowest BCUT2D eigenvalue weighted by Gasteiger charge is -2.26. The summed E-state index contributed by atoms with van der Waals surface area (Å²) in [7, 11) is 0. The summed E-state index contributed by atoms with van der Waals surface area (Å²) in [6.45, 7) is 2.64. The van der Waals surface area contributed by atoms with Crippen LogP contribution in [0.1, 0.15) is 25.7 Å². The zero-order valence-electron chi connectivity index (χ0n) is 10.6. The first kappa shape index (κ1) is 12.7.